The fourth-order valence-electron chi connectivity index (χ4n) is 2.61. The maximum atomic E-state index is 12.3. The number of ether oxygens (including phenoxy) is 1. The van der Waals surface area contributed by atoms with Crippen molar-refractivity contribution in [1.29, 1.82) is 0 Å². The van der Waals surface area contributed by atoms with Crippen molar-refractivity contribution in [3.63, 3.8) is 0 Å². The highest BCUT2D eigenvalue weighted by Gasteiger charge is 2.06. The standard InChI is InChI=1S/C21H20N2O2/c1-25-20-4-2-3-16(15-20)9-14-23-21(24)19-7-5-17(6-8-19)18-10-12-22-13-11-18/h2-8,10-13,15H,9,14H2,1H3,(H,23,24). The van der Waals surface area contributed by atoms with Gasteiger partial charge in [-0.2, -0.15) is 0 Å². The average molecular weight is 332 g/mol. The molecule has 1 amide bonds. The van der Waals surface area contributed by atoms with E-state index in [4.69, 9.17) is 4.74 Å². The predicted molar refractivity (Wildman–Crippen MR) is 98.7 cm³/mol. The van der Waals surface area contributed by atoms with Crippen molar-refractivity contribution in [1.82, 2.24) is 10.3 Å². The molecule has 0 aliphatic rings. The molecule has 0 spiro atoms. The molecule has 3 rings (SSSR count). The lowest BCUT2D eigenvalue weighted by molar-refractivity contribution is 0.0954. The van der Waals surface area contributed by atoms with Crippen molar-refractivity contribution >= 4 is 5.91 Å². The Morgan fingerprint density at radius 2 is 1.72 bits per heavy atom. The number of amides is 1. The number of rotatable bonds is 6. The van der Waals surface area contributed by atoms with Crippen LogP contribution in [0.25, 0.3) is 11.1 Å². The first-order chi connectivity index (χ1) is 12.3. The first-order valence-corrected chi connectivity index (χ1v) is 8.18. The number of nitrogens with one attached hydrogen (secondary N) is 1. The van der Waals surface area contributed by atoms with Crippen LogP contribution in [0.4, 0.5) is 0 Å². The third kappa shape index (κ3) is 4.44. The Balaban J connectivity index is 1.56. The Morgan fingerprint density at radius 1 is 1.00 bits per heavy atom. The largest absolute Gasteiger partial charge is 0.497 e. The summed E-state index contributed by atoms with van der Waals surface area (Å²) in [5.74, 6) is 0.764. The number of aromatic nitrogens is 1. The summed E-state index contributed by atoms with van der Waals surface area (Å²) in [6.45, 7) is 0.581. The lowest BCUT2D eigenvalue weighted by Gasteiger charge is -2.08. The van der Waals surface area contributed by atoms with Gasteiger partial charge < -0.3 is 10.1 Å². The van der Waals surface area contributed by atoms with E-state index in [0.717, 1.165) is 28.9 Å². The van der Waals surface area contributed by atoms with Gasteiger partial charge in [0.2, 0.25) is 0 Å². The fourth-order valence-corrected chi connectivity index (χ4v) is 2.61. The van der Waals surface area contributed by atoms with E-state index >= 15 is 0 Å². The fraction of sp³-hybridized carbons (Fsp3) is 0.143. The van der Waals surface area contributed by atoms with E-state index < -0.39 is 0 Å². The maximum Gasteiger partial charge on any atom is 0.251 e. The monoisotopic (exact) mass is 332 g/mol. The van der Waals surface area contributed by atoms with Crippen LogP contribution in [-0.2, 0) is 6.42 Å². The molecule has 2 aromatic carbocycles. The van der Waals surface area contributed by atoms with Gasteiger partial charge in [-0.25, -0.2) is 0 Å². The normalized spacial score (nSPS) is 10.3. The first-order valence-electron chi connectivity index (χ1n) is 8.18. The van der Waals surface area contributed by atoms with Gasteiger partial charge in [0.05, 0.1) is 7.11 Å². The third-order valence-corrected chi connectivity index (χ3v) is 3.99. The predicted octanol–water partition coefficient (Wildman–Crippen LogP) is 3.73. The van der Waals surface area contributed by atoms with Gasteiger partial charge in [-0.05, 0) is 59.5 Å². The minimum atomic E-state index is -0.0656. The minimum Gasteiger partial charge on any atom is -0.497 e. The molecule has 0 fully saturated rings. The van der Waals surface area contributed by atoms with E-state index in [0.29, 0.717) is 12.1 Å². The van der Waals surface area contributed by atoms with E-state index in [2.05, 4.69) is 10.3 Å². The molecule has 0 bridgehead atoms. The van der Waals surface area contributed by atoms with Gasteiger partial charge in [0.15, 0.2) is 0 Å². The van der Waals surface area contributed by atoms with Gasteiger partial charge in [0.1, 0.15) is 5.75 Å². The van der Waals surface area contributed by atoms with E-state index in [1.54, 1.807) is 19.5 Å². The molecule has 0 unspecified atom stereocenters. The Labute approximate surface area is 147 Å². The van der Waals surface area contributed by atoms with E-state index in [1.165, 1.54) is 0 Å². The van der Waals surface area contributed by atoms with Crippen molar-refractivity contribution in [3.8, 4) is 16.9 Å². The van der Waals surface area contributed by atoms with Gasteiger partial charge in [0.25, 0.3) is 5.91 Å². The van der Waals surface area contributed by atoms with Crippen LogP contribution in [-0.4, -0.2) is 24.5 Å². The van der Waals surface area contributed by atoms with Gasteiger partial charge in [-0.15, -0.1) is 0 Å². The van der Waals surface area contributed by atoms with Crippen LogP contribution in [0, 0.1) is 0 Å². The first kappa shape index (κ1) is 16.7. The lowest BCUT2D eigenvalue weighted by Crippen LogP contribution is -2.25. The molecule has 4 heteroatoms. The number of hydrogen-bond donors (Lipinski definition) is 1. The van der Waals surface area contributed by atoms with Gasteiger partial charge in [0, 0.05) is 24.5 Å². The Morgan fingerprint density at radius 3 is 2.44 bits per heavy atom. The van der Waals surface area contributed by atoms with Crippen molar-refractivity contribution in [2.45, 2.75) is 6.42 Å². The summed E-state index contributed by atoms with van der Waals surface area (Å²) in [5, 5.41) is 2.95. The molecule has 3 aromatic rings. The summed E-state index contributed by atoms with van der Waals surface area (Å²) < 4.78 is 5.21. The second kappa shape index (κ2) is 8.11. The van der Waals surface area contributed by atoms with Crippen LogP contribution in [0.5, 0.6) is 5.75 Å². The van der Waals surface area contributed by atoms with Crippen LogP contribution in [0.2, 0.25) is 0 Å². The summed E-state index contributed by atoms with van der Waals surface area (Å²) >= 11 is 0. The molecule has 0 radical (unpaired) electrons. The zero-order chi connectivity index (χ0) is 17.5. The molecule has 25 heavy (non-hydrogen) atoms. The van der Waals surface area contributed by atoms with Crippen molar-refractivity contribution < 1.29 is 9.53 Å². The van der Waals surface area contributed by atoms with Crippen LogP contribution < -0.4 is 10.1 Å². The zero-order valence-electron chi connectivity index (χ0n) is 14.1. The molecule has 0 saturated heterocycles. The second-order valence-corrected chi connectivity index (χ2v) is 5.67. The molecular formula is C21H20N2O2. The molecule has 0 saturated carbocycles. The lowest BCUT2D eigenvalue weighted by atomic mass is 10.0. The molecule has 1 heterocycles. The molecular weight excluding hydrogens is 312 g/mol. The van der Waals surface area contributed by atoms with Crippen molar-refractivity contribution in [2.24, 2.45) is 0 Å². The highest BCUT2D eigenvalue weighted by molar-refractivity contribution is 5.94. The maximum absolute atomic E-state index is 12.3. The zero-order valence-corrected chi connectivity index (χ0v) is 14.1. The molecule has 0 aliphatic carbocycles. The quantitative estimate of drug-likeness (QED) is 0.748. The van der Waals surface area contributed by atoms with Gasteiger partial charge >= 0.3 is 0 Å². The van der Waals surface area contributed by atoms with Gasteiger partial charge in [-0.3, -0.25) is 9.78 Å². The molecule has 126 valence electrons. The Bertz CT molecular complexity index is 830. The number of nitrogens with zero attached hydrogens (tertiary/aromatic N) is 1. The molecule has 4 nitrogen and oxygen atoms in total. The van der Waals surface area contributed by atoms with Crippen molar-refractivity contribution in [2.75, 3.05) is 13.7 Å². The van der Waals surface area contributed by atoms with E-state index in [1.807, 2.05) is 60.7 Å². The molecule has 0 aliphatic heterocycles. The number of hydrogen-bond acceptors (Lipinski definition) is 3. The Kier molecular flexibility index (Phi) is 5.42. The minimum absolute atomic E-state index is 0.0656. The second-order valence-electron chi connectivity index (χ2n) is 5.67. The topological polar surface area (TPSA) is 51.2 Å². The van der Waals surface area contributed by atoms with E-state index in [-0.39, 0.29) is 5.91 Å². The summed E-state index contributed by atoms with van der Waals surface area (Å²) in [6.07, 6.45) is 4.28. The van der Waals surface area contributed by atoms with Crippen LogP contribution in [0.1, 0.15) is 15.9 Å². The summed E-state index contributed by atoms with van der Waals surface area (Å²) in [6, 6.07) is 19.4. The number of benzene rings is 2. The summed E-state index contributed by atoms with van der Waals surface area (Å²) in [7, 11) is 1.65. The third-order valence-electron chi connectivity index (χ3n) is 3.99. The number of pyridine rings is 1. The summed E-state index contributed by atoms with van der Waals surface area (Å²) in [4.78, 5) is 16.3. The molecule has 1 N–H and O–H groups in total. The number of methoxy groups -OCH3 is 1. The molecule has 0 atom stereocenters. The highest BCUT2D eigenvalue weighted by Crippen LogP contribution is 2.18. The van der Waals surface area contributed by atoms with Gasteiger partial charge in [-0.1, -0.05) is 24.3 Å². The van der Waals surface area contributed by atoms with Crippen LogP contribution >= 0.6 is 0 Å². The summed E-state index contributed by atoms with van der Waals surface area (Å²) in [5.41, 5.74) is 3.94. The molecule has 1 aromatic heterocycles. The number of carbonyl (C=O) groups is 1. The average Bonchev–Trinajstić information content (AvgIpc) is 2.69. The van der Waals surface area contributed by atoms with Crippen molar-refractivity contribution in [3.05, 3.63) is 84.2 Å². The Hall–Kier alpha value is -3.14. The van der Waals surface area contributed by atoms with E-state index in [9.17, 15) is 4.79 Å². The van der Waals surface area contributed by atoms with Crippen LogP contribution in [0.15, 0.2) is 73.1 Å². The highest BCUT2D eigenvalue weighted by atomic mass is 16.5. The smallest absolute Gasteiger partial charge is 0.251 e. The van der Waals surface area contributed by atoms with Crippen LogP contribution in [0.3, 0.4) is 0 Å². The number of carbonyl (C=O) groups excluding carboxylic acids is 1. The SMILES string of the molecule is COc1cccc(CCNC(=O)c2ccc(-c3ccncc3)cc2)c1.